The van der Waals surface area contributed by atoms with Crippen molar-refractivity contribution in [2.75, 3.05) is 6.54 Å². The third-order valence-corrected chi connectivity index (χ3v) is 2.34. The number of benzene rings is 1. The summed E-state index contributed by atoms with van der Waals surface area (Å²) < 4.78 is 0. The largest absolute Gasteiger partial charge is 0.330 e. The first-order chi connectivity index (χ1) is 5.75. The van der Waals surface area contributed by atoms with Gasteiger partial charge in [0.05, 0.1) is 0 Å². The Morgan fingerprint density at radius 1 is 1.38 bits per heavy atom. The van der Waals surface area contributed by atoms with E-state index in [0.29, 0.717) is 0 Å². The van der Waals surface area contributed by atoms with Gasteiger partial charge in [-0.25, -0.2) is 0 Å². The minimum atomic E-state index is 0. The number of aryl methyl sites for hydroxylation is 1. The molecule has 1 aromatic rings. The van der Waals surface area contributed by atoms with Gasteiger partial charge in [-0.3, -0.25) is 0 Å². The van der Waals surface area contributed by atoms with Crippen molar-refractivity contribution in [3.63, 3.8) is 0 Å². The van der Waals surface area contributed by atoms with E-state index in [1.54, 1.807) is 0 Å². The minimum absolute atomic E-state index is 0. The van der Waals surface area contributed by atoms with Gasteiger partial charge in [0.2, 0.25) is 0 Å². The van der Waals surface area contributed by atoms with Crippen molar-refractivity contribution < 1.29 is 0 Å². The second-order valence-electron chi connectivity index (χ2n) is 2.93. The first-order valence-electron chi connectivity index (χ1n) is 4.19. The second kappa shape index (κ2) is 6.25. The smallest absolute Gasteiger partial charge is 0.0440 e. The predicted molar refractivity (Wildman–Crippen MR) is 60.8 cm³/mol. The Bertz CT molecular complexity index is 241. The van der Waals surface area contributed by atoms with E-state index in [0.717, 1.165) is 24.4 Å². The van der Waals surface area contributed by atoms with Crippen LogP contribution in [0.25, 0.3) is 0 Å². The monoisotopic (exact) mass is 219 g/mol. The molecule has 0 spiro atoms. The number of hydrogen-bond donors (Lipinski definition) is 1. The van der Waals surface area contributed by atoms with Gasteiger partial charge in [-0.1, -0.05) is 23.7 Å². The summed E-state index contributed by atoms with van der Waals surface area (Å²) in [5.74, 6) is 0. The van der Waals surface area contributed by atoms with Gasteiger partial charge in [0.15, 0.2) is 0 Å². The second-order valence-corrected chi connectivity index (χ2v) is 3.33. The van der Waals surface area contributed by atoms with E-state index in [9.17, 15) is 0 Å². The normalized spacial score (nSPS) is 9.46. The van der Waals surface area contributed by atoms with Gasteiger partial charge in [0.25, 0.3) is 0 Å². The first kappa shape index (κ1) is 12.8. The fourth-order valence-electron chi connectivity index (χ4n) is 1.26. The molecular formula is C10H15Cl2N. The number of rotatable bonds is 3. The Labute approximate surface area is 90.7 Å². The lowest BCUT2D eigenvalue weighted by atomic mass is 10.0. The summed E-state index contributed by atoms with van der Waals surface area (Å²) in [4.78, 5) is 0. The summed E-state index contributed by atoms with van der Waals surface area (Å²) in [6, 6.07) is 5.99. The van der Waals surface area contributed by atoms with Crippen molar-refractivity contribution in [1.29, 1.82) is 0 Å². The molecule has 74 valence electrons. The average Bonchev–Trinajstić information content (AvgIpc) is 2.04. The SMILES string of the molecule is Cc1cccc(Cl)c1CCCN.Cl. The molecule has 0 aliphatic carbocycles. The van der Waals surface area contributed by atoms with Crippen molar-refractivity contribution in [3.8, 4) is 0 Å². The van der Waals surface area contributed by atoms with Gasteiger partial charge in [0, 0.05) is 5.02 Å². The van der Waals surface area contributed by atoms with Crippen LogP contribution in [0, 0.1) is 6.92 Å². The molecule has 2 N–H and O–H groups in total. The fourth-order valence-corrected chi connectivity index (χ4v) is 1.58. The van der Waals surface area contributed by atoms with Crippen LogP contribution in [0.1, 0.15) is 17.5 Å². The topological polar surface area (TPSA) is 26.0 Å². The van der Waals surface area contributed by atoms with Crippen LogP contribution < -0.4 is 5.73 Å². The standard InChI is InChI=1S/C10H14ClN.ClH/c1-8-4-2-6-10(11)9(8)5-3-7-12;/h2,4,6H,3,5,7,12H2,1H3;1H. The molecule has 0 radical (unpaired) electrons. The van der Waals surface area contributed by atoms with E-state index in [4.69, 9.17) is 17.3 Å². The zero-order valence-corrected chi connectivity index (χ0v) is 9.29. The van der Waals surface area contributed by atoms with Crippen LogP contribution in [0.4, 0.5) is 0 Å². The molecule has 0 aliphatic heterocycles. The van der Waals surface area contributed by atoms with E-state index in [2.05, 4.69) is 13.0 Å². The van der Waals surface area contributed by atoms with Crippen molar-refractivity contribution >= 4 is 24.0 Å². The van der Waals surface area contributed by atoms with Gasteiger partial charge in [0.1, 0.15) is 0 Å². The van der Waals surface area contributed by atoms with Crippen molar-refractivity contribution in [2.45, 2.75) is 19.8 Å². The van der Waals surface area contributed by atoms with Gasteiger partial charge < -0.3 is 5.73 Å². The maximum Gasteiger partial charge on any atom is 0.0440 e. The molecule has 0 saturated heterocycles. The lowest BCUT2D eigenvalue weighted by Crippen LogP contribution is -2.01. The van der Waals surface area contributed by atoms with Gasteiger partial charge in [-0.15, -0.1) is 12.4 Å². The molecule has 13 heavy (non-hydrogen) atoms. The molecule has 0 bridgehead atoms. The summed E-state index contributed by atoms with van der Waals surface area (Å²) in [6.45, 7) is 2.81. The maximum absolute atomic E-state index is 6.02. The molecule has 3 heteroatoms. The summed E-state index contributed by atoms with van der Waals surface area (Å²) in [5, 5.41) is 0.864. The molecule has 0 unspecified atom stereocenters. The zero-order valence-electron chi connectivity index (χ0n) is 7.72. The van der Waals surface area contributed by atoms with Crippen LogP contribution in [0.15, 0.2) is 18.2 Å². The molecule has 1 nitrogen and oxygen atoms in total. The molecule has 0 fully saturated rings. The molecule has 0 atom stereocenters. The molecule has 0 heterocycles. The van der Waals surface area contributed by atoms with Crippen molar-refractivity contribution in [2.24, 2.45) is 5.73 Å². The molecule has 0 aromatic heterocycles. The van der Waals surface area contributed by atoms with Crippen molar-refractivity contribution in [3.05, 3.63) is 34.3 Å². The van der Waals surface area contributed by atoms with Crippen LogP contribution in [0.3, 0.4) is 0 Å². The quantitative estimate of drug-likeness (QED) is 0.832. The van der Waals surface area contributed by atoms with E-state index in [1.165, 1.54) is 11.1 Å². The highest BCUT2D eigenvalue weighted by Gasteiger charge is 2.01. The predicted octanol–water partition coefficient (Wildman–Crippen LogP) is 2.96. The third-order valence-electron chi connectivity index (χ3n) is 1.98. The molecular weight excluding hydrogens is 205 g/mol. The zero-order chi connectivity index (χ0) is 8.97. The highest BCUT2D eigenvalue weighted by Crippen LogP contribution is 2.20. The maximum atomic E-state index is 6.02. The molecule has 0 amide bonds. The lowest BCUT2D eigenvalue weighted by Gasteiger charge is -2.06. The minimum Gasteiger partial charge on any atom is -0.330 e. The highest BCUT2D eigenvalue weighted by atomic mass is 35.5. The Morgan fingerprint density at radius 3 is 2.62 bits per heavy atom. The Kier molecular flexibility index (Phi) is 6.13. The van der Waals surface area contributed by atoms with Crippen molar-refractivity contribution in [1.82, 2.24) is 0 Å². The van der Waals surface area contributed by atoms with Crippen LogP contribution in [-0.2, 0) is 6.42 Å². The fraction of sp³-hybridized carbons (Fsp3) is 0.400. The van der Waals surface area contributed by atoms with Gasteiger partial charge in [-0.05, 0) is 43.5 Å². The van der Waals surface area contributed by atoms with Gasteiger partial charge >= 0.3 is 0 Å². The first-order valence-corrected chi connectivity index (χ1v) is 4.57. The third kappa shape index (κ3) is 3.55. The summed E-state index contributed by atoms with van der Waals surface area (Å²) in [5.41, 5.74) is 7.93. The highest BCUT2D eigenvalue weighted by molar-refractivity contribution is 6.31. The average molecular weight is 220 g/mol. The number of nitrogens with two attached hydrogens (primary N) is 1. The van der Waals surface area contributed by atoms with E-state index >= 15 is 0 Å². The van der Waals surface area contributed by atoms with E-state index in [-0.39, 0.29) is 12.4 Å². The number of hydrogen-bond acceptors (Lipinski definition) is 1. The summed E-state index contributed by atoms with van der Waals surface area (Å²) >= 11 is 6.02. The summed E-state index contributed by atoms with van der Waals surface area (Å²) in [6.07, 6.45) is 1.99. The van der Waals surface area contributed by atoms with Crippen LogP contribution in [0.5, 0.6) is 0 Å². The Balaban J connectivity index is 0.00000144. The van der Waals surface area contributed by atoms with Crippen LogP contribution in [-0.4, -0.2) is 6.54 Å². The molecule has 0 saturated carbocycles. The molecule has 1 aromatic carbocycles. The number of halogens is 2. The Morgan fingerprint density at radius 2 is 2.08 bits per heavy atom. The van der Waals surface area contributed by atoms with E-state index in [1.807, 2.05) is 12.1 Å². The molecule has 1 rings (SSSR count). The van der Waals surface area contributed by atoms with E-state index < -0.39 is 0 Å². The Hall–Kier alpha value is -0.240. The van der Waals surface area contributed by atoms with Crippen LogP contribution >= 0.6 is 24.0 Å². The lowest BCUT2D eigenvalue weighted by molar-refractivity contribution is 0.828. The van der Waals surface area contributed by atoms with Crippen LogP contribution in [0.2, 0.25) is 5.02 Å². The molecule has 0 aliphatic rings. The van der Waals surface area contributed by atoms with Gasteiger partial charge in [-0.2, -0.15) is 0 Å². The summed E-state index contributed by atoms with van der Waals surface area (Å²) in [7, 11) is 0.